The molecule has 0 bridgehead atoms. The standard InChI is InChI=1S/C16H17N3O/c1-11(17-2)16-19-18-15(20-16)10-13-8-5-7-12-6-3-4-9-14(12)13/h3-9,11,17H,10H2,1-2H3. The molecule has 3 rings (SSSR count). The van der Waals surface area contributed by atoms with Crippen LogP contribution in [0.15, 0.2) is 46.9 Å². The van der Waals surface area contributed by atoms with Crippen molar-refractivity contribution >= 4 is 10.8 Å². The van der Waals surface area contributed by atoms with Crippen LogP contribution in [0.2, 0.25) is 0 Å². The maximum Gasteiger partial charge on any atom is 0.233 e. The minimum atomic E-state index is 0.0729. The van der Waals surface area contributed by atoms with Gasteiger partial charge >= 0.3 is 0 Å². The largest absolute Gasteiger partial charge is 0.423 e. The molecule has 0 aliphatic heterocycles. The van der Waals surface area contributed by atoms with Crippen molar-refractivity contribution in [3.63, 3.8) is 0 Å². The lowest BCUT2D eigenvalue weighted by Gasteiger charge is -2.04. The molecule has 20 heavy (non-hydrogen) atoms. The van der Waals surface area contributed by atoms with Crippen LogP contribution >= 0.6 is 0 Å². The van der Waals surface area contributed by atoms with Crippen LogP contribution in [0.5, 0.6) is 0 Å². The number of hydrogen-bond donors (Lipinski definition) is 1. The summed E-state index contributed by atoms with van der Waals surface area (Å²) in [6.45, 7) is 2.00. The van der Waals surface area contributed by atoms with E-state index in [1.165, 1.54) is 16.3 Å². The first-order chi connectivity index (χ1) is 9.78. The minimum Gasteiger partial charge on any atom is -0.423 e. The van der Waals surface area contributed by atoms with E-state index in [0.29, 0.717) is 18.2 Å². The SMILES string of the molecule is CNC(C)c1nnc(Cc2cccc3ccccc23)o1. The highest BCUT2D eigenvalue weighted by atomic mass is 16.4. The molecule has 0 radical (unpaired) electrons. The Morgan fingerprint density at radius 3 is 2.75 bits per heavy atom. The van der Waals surface area contributed by atoms with Gasteiger partial charge in [0.05, 0.1) is 12.5 Å². The molecule has 1 unspecified atom stereocenters. The quantitative estimate of drug-likeness (QED) is 0.789. The van der Waals surface area contributed by atoms with E-state index in [1.807, 2.05) is 26.1 Å². The predicted molar refractivity (Wildman–Crippen MR) is 78.5 cm³/mol. The molecule has 0 saturated heterocycles. The van der Waals surface area contributed by atoms with Crippen molar-refractivity contribution in [1.29, 1.82) is 0 Å². The van der Waals surface area contributed by atoms with Crippen LogP contribution in [0.4, 0.5) is 0 Å². The van der Waals surface area contributed by atoms with Crippen molar-refractivity contribution in [1.82, 2.24) is 15.5 Å². The molecule has 0 saturated carbocycles. The smallest absolute Gasteiger partial charge is 0.233 e. The van der Waals surface area contributed by atoms with Gasteiger partial charge in [-0.1, -0.05) is 42.5 Å². The number of benzene rings is 2. The van der Waals surface area contributed by atoms with E-state index in [4.69, 9.17) is 4.42 Å². The molecule has 4 nitrogen and oxygen atoms in total. The van der Waals surface area contributed by atoms with Gasteiger partial charge in [0, 0.05) is 0 Å². The van der Waals surface area contributed by atoms with Gasteiger partial charge in [-0.15, -0.1) is 10.2 Å². The van der Waals surface area contributed by atoms with Crippen molar-refractivity contribution < 1.29 is 4.42 Å². The molecule has 1 heterocycles. The first-order valence-corrected chi connectivity index (χ1v) is 6.74. The van der Waals surface area contributed by atoms with Crippen molar-refractivity contribution in [2.45, 2.75) is 19.4 Å². The molecule has 2 aromatic carbocycles. The third kappa shape index (κ3) is 2.42. The van der Waals surface area contributed by atoms with E-state index in [9.17, 15) is 0 Å². The zero-order valence-corrected chi connectivity index (χ0v) is 11.6. The minimum absolute atomic E-state index is 0.0729. The van der Waals surface area contributed by atoms with Gasteiger partial charge in [-0.2, -0.15) is 0 Å². The molecule has 4 heteroatoms. The average molecular weight is 267 g/mol. The summed E-state index contributed by atoms with van der Waals surface area (Å²) in [5.41, 5.74) is 1.20. The number of hydrogen-bond acceptors (Lipinski definition) is 4. The fraction of sp³-hybridized carbons (Fsp3) is 0.250. The number of nitrogens with one attached hydrogen (secondary N) is 1. The second-order valence-electron chi connectivity index (χ2n) is 4.86. The predicted octanol–water partition coefficient (Wildman–Crippen LogP) is 3.09. The van der Waals surface area contributed by atoms with Crippen LogP contribution < -0.4 is 5.32 Å². The Morgan fingerprint density at radius 1 is 1.10 bits per heavy atom. The van der Waals surface area contributed by atoms with Crippen LogP contribution in [-0.4, -0.2) is 17.2 Å². The van der Waals surface area contributed by atoms with Crippen molar-refractivity contribution in [2.75, 3.05) is 7.05 Å². The molecule has 3 aromatic rings. The van der Waals surface area contributed by atoms with Crippen molar-refractivity contribution in [3.8, 4) is 0 Å². The molecular weight excluding hydrogens is 250 g/mol. The Kier molecular flexibility index (Phi) is 3.48. The van der Waals surface area contributed by atoms with E-state index < -0.39 is 0 Å². The molecule has 0 spiro atoms. The second-order valence-corrected chi connectivity index (χ2v) is 4.86. The summed E-state index contributed by atoms with van der Waals surface area (Å²) in [5.74, 6) is 1.28. The Balaban J connectivity index is 1.91. The van der Waals surface area contributed by atoms with Crippen LogP contribution in [-0.2, 0) is 6.42 Å². The van der Waals surface area contributed by atoms with E-state index in [2.05, 4.69) is 45.8 Å². The molecule has 0 aliphatic rings. The Morgan fingerprint density at radius 2 is 1.90 bits per heavy atom. The molecule has 102 valence electrons. The lowest BCUT2D eigenvalue weighted by atomic mass is 10.0. The zero-order valence-electron chi connectivity index (χ0n) is 11.6. The summed E-state index contributed by atoms with van der Waals surface area (Å²) in [5, 5.41) is 13.8. The molecule has 0 aliphatic carbocycles. The summed E-state index contributed by atoms with van der Waals surface area (Å²) in [6, 6.07) is 14.7. The Hall–Kier alpha value is -2.20. The fourth-order valence-electron chi connectivity index (χ4n) is 2.25. The fourth-order valence-corrected chi connectivity index (χ4v) is 2.25. The van der Waals surface area contributed by atoms with E-state index >= 15 is 0 Å². The molecule has 1 aromatic heterocycles. The van der Waals surface area contributed by atoms with Gasteiger partial charge in [-0.05, 0) is 30.3 Å². The Labute approximate surface area is 117 Å². The summed E-state index contributed by atoms with van der Waals surface area (Å²) < 4.78 is 5.70. The first-order valence-electron chi connectivity index (χ1n) is 6.74. The van der Waals surface area contributed by atoms with Crippen molar-refractivity contribution in [2.24, 2.45) is 0 Å². The van der Waals surface area contributed by atoms with E-state index in [1.54, 1.807) is 0 Å². The summed E-state index contributed by atoms with van der Waals surface area (Å²) in [6.07, 6.45) is 0.658. The molecule has 0 fully saturated rings. The van der Waals surface area contributed by atoms with Gasteiger partial charge in [0.25, 0.3) is 0 Å². The van der Waals surface area contributed by atoms with Crippen LogP contribution in [0.3, 0.4) is 0 Å². The first kappa shape index (κ1) is 12.8. The summed E-state index contributed by atoms with van der Waals surface area (Å²) in [4.78, 5) is 0. The maximum atomic E-state index is 5.70. The third-order valence-corrected chi connectivity index (χ3v) is 3.51. The number of aromatic nitrogens is 2. The van der Waals surface area contributed by atoms with Gasteiger partial charge in [0.1, 0.15) is 0 Å². The Bertz CT molecular complexity index is 715. The van der Waals surface area contributed by atoms with Gasteiger partial charge in [-0.3, -0.25) is 0 Å². The van der Waals surface area contributed by atoms with Crippen LogP contribution in [0, 0.1) is 0 Å². The number of fused-ring (bicyclic) bond motifs is 1. The van der Waals surface area contributed by atoms with E-state index in [-0.39, 0.29) is 6.04 Å². The lowest BCUT2D eigenvalue weighted by Crippen LogP contribution is -2.12. The third-order valence-electron chi connectivity index (χ3n) is 3.51. The van der Waals surface area contributed by atoms with Crippen molar-refractivity contribution in [3.05, 3.63) is 59.8 Å². The monoisotopic (exact) mass is 267 g/mol. The molecular formula is C16H17N3O. The molecule has 0 amide bonds. The van der Waals surface area contributed by atoms with Crippen LogP contribution in [0.1, 0.15) is 30.3 Å². The highest BCUT2D eigenvalue weighted by Gasteiger charge is 2.13. The highest BCUT2D eigenvalue weighted by molar-refractivity contribution is 5.85. The van der Waals surface area contributed by atoms with Gasteiger partial charge in [-0.25, -0.2) is 0 Å². The summed E-state index contributed by atoms with van der Waals surface area (Å²) in [7, 11) is 1.87. The number of rotatable bonds is 4. The number of nitrogens with zero attached hydrogens (tertiary/aromatic N) is 2. The highest BCUT2D eigenvalue weighted by Crippen LogP contribution is 2.21. The topological polar surface area (TPSA) is 51.0 Å². The maximum absolute atomic E-state index is 5.70. The van der Waals surface area contributed by atoms with Gasteiger partial charge < -0.3 is 9.73 Å². The zero-order chi connectivity index (χ0) is 13.9. The second kappa shape index (κ2) is 5.43. The van der Waals surface area contributed by atoms with Crippen LogP contribution in [0.25, 0.3) is 10.8 Å². The van der Waals surface area contributed by atoms with E-state index in [0.717, 1.165) is 0 Å². The molecule has 1 N–H and O–H groups in total. The molecule has 1 atom stereocenters. The summed E-state index contributed by atoms with van der Waals surface area (Å²) >= 11 is 0. The normalized spacial score (nSPS) is 12.7. The van der Waals surface area contributed by atoms with Gasteiger partial charge in [0.15, 0.2) is 0 Å². The van der Waals surface area contributed by atoms with Gasteiger partial charge in [0.2, 0.25) is 11.8 Å². The average Bonchev–Trinajstić information content (AvgIpc) is 2.95. The lowest BCUT2D eigenvalue weighted by molar-refractivity contribution is 0.410.